The largest absolute Gasteiger partial charge is 0.465 e. The number of hydrogen-bond donors (Lipinski definition) is 4. The molecular formula is C24H27ClFN5O3. The third-order valence-corrected chi connectivity index (χ3v) is 5.44. The number of halogens is 2. The number of hydrazine groups is 1. The van der Waals surface area contributed by atoms with Crippen molar-refractivity contribution in [1.82, 2.24) is 10.7 Å². The second-order valence-corrected chi connectivity index (χ2v) is 8.23. The molecule has 2 rings (SSSR count). The summed E-state index contributed by atoms with van der Waals surface area (Å²) in [5.74, 6) is 3.63. The molecule has 10 heteroatoms. The zero-order chi connectivity index (χ0) is 25.3. The summed E-state index contributed by atoms with van der Waals surface area (Å²) in [7, 11) is 0. The second kappa shape index (κ2) is 12.0. The van der Waals surface area contributed by atoms with Gasteiger partial charge in [0.05, 0.1) is 12.7 Å². The number of ether oxygens (including phenoxy) is 1. The summed E-state index contributed by atoms with van der Waals surface area (Å²) in [6.45, 7) is 3.21. The zero-order valence-electron chi connectivity index (χ0n) is 18.9. The maximum absolute atomic E-state index is 14.2. The predicted octanol–water partition coefficient (Wildman–Crippen LogP) is 2.92. The summed E-state index contributed by atoms with van der Waals surface area (Å²) in [6, 6.07) is 12.6. The number of nitrogens with two attached hydrogens (primary N) is 2. The highest BCUT2D eigenvalue weighted by Gasteiger charge is 2.38. The first kappa shape index (κ1) is 26.6. The van der Waals surface area contributed by atoms with Crippen LogP contribution in [0.2, 0.25) is 5.02 Å². The summed E-state index contributed by atoms with van der Waals surface area (Å²) in [4.78, 5) is 24.9. The van der Waals surface area contributed by atoms with E-state index in [1.165, 1.54) is 25.1 Å². The molecule has 0 aliphatic heterocycles. The van der Waals surface area contributed by atoms with Gasteiger partial charge >= 0.3 is 5.97 Å². The highest BCUT2D eigenvalue weighted by Crippen LogP contribution is 2.28. The van der Waals surface area contributed by atoms with Crippen LogP contribution in [0.5, 0.6) is 0 Å². The van der Waals surface area contributed by atoms with E-state index in [9.17, 15) is 19.2 Å². The number of benzene rings is 2. The Morgan fingerprint density at radius 2 is 1.97 bits per heavy atom. The van der Waals surface area contributed by atoms with Crippen molar-refractivity contribution in [2.24, 2.45) is 17.0 Å². The van der Waals surface area contributed by atoms with Crippen molar-refractivity contribution in [2.75, 3.05) is 6.61 Å². The fourth-order valence-electron chi connectivity index (χ4n) is 3.41. The van der Waals surface area contributed by atoms with Crippen molar-refractivity contribution in [3.8, 4) is 17.2 Å². The molecule has 180 valence electrons. The molecule has 8 nitrogen and oxygen atoms in total. The first-order chi connectivity index (χ1) is 16.2. The number of amides is 1. The smallest absolute Gasteiger partial charge is 0.326 e. The van der Waals surface area contributed by atoms with Crippen LogP contribution >= 0.6 is 11.6 Å². The zero-order valence-corrected chi connectivity index (χ0v) is 19.7. The van der Waals surface area contributed by atoms with Crippen LogP contribution in [0.4, 0.5) is 4.39 Å². The molecular weight excluding hydrogens is 461 g/mol. The van der Waals surface area contributed by atoms with Crippen LogP contribution in [0.25, 0.3) is 11.1 Å². The molecule has 0 spiro atoms. The van der Waals surface area contributed by atoms with Gasteiger partial charge in [0.15, 0.2) is 5.41 Å². The molecule has 1 unspecified atom stereocenters. The van der Waals surface area contributed by atoms with Gasteiger partial charge in [0, 0.05) is 22.8 Å². The predicted molar refractivity (Wildman–Crippen MR) is 127 cm³/mol. The Kier molecular flexibility index (Phi) is 9.42. The lowest BCUT2D eigenvalue weighted by Crippen LogP contribution is -2.45. The van der Waals surface area contributed by atoms with E-state index in [4.69, 9.17) is 27.9 Å². The Labute approximate surface area is 202 Å². The van der Waals surface area contributed by atoms with Gasteiger partial charge < -0.3 is 21.2 Å². The average Bonchev–Trinajstić information content (AvgIpc) is 2.82. The first-order valence-electron chi connectivity index (χ1n) is 10.5. The molecule has 2 atom stereocenters. The van der Waals surface area contributed by atoms with Crippen LogP contribution < -0.4 is 22.3 Å². The number of nitrogens with one attached hydrogen (secondary N) is 2. The summed E-state index contributed by atoms with van der Waals surface area (Å²) in [5.41, 5.74) is 7.79. The van der Waals surface area contributed by atoms with Crippen LogP contribution in [0.15, 0.2) is 54.4 Å². The van der Waals surface area contributed by atoms with Gasteiger partial charge in [-0.2, -0.15) is 5.26 Å². The Bertz CT molecular complexity index is 1100. The van der Waals surface area contributed by atoms with Gasteiger partial charge in [-0.15, -0.1) is 0 Å². The molecule has 6 N–H and O–H groups in total. The summed E-state index contributed by atoms with van der Waals surface area (Å²) in [5, 5.41) is 12.8. The number of nitriles is 1. The molecule has 0 aliphatic rings. The van der Waals surface area contributed by atoms with Gasteiger partial charge in [-0.3, -0.25) is 15.4 Å². The van der Waals surface area contributed by atoms with Gasteiger partial charge in [0.1, 0.15) is 11.5 Å². The van der Waals surface area contributed by atoms with E-state index < -0.39 is 29.2 Å². The van der Waals surface area contributed by atoms with Crippen molar-refractivity contribution in [1.29, 1.82) is 5.26 Å². The highest BCUT2D eigenvalue weighted by molar-refractivity contribution is 6.30. The standard InChI is InChI=1S/C24H27ClFN5O3/c1-3-34-23(33)24(2,14-28)12-18(30-22(32)21(13-27)31-29)10-15-4-6-16(7-5-15)19-11-17(25)8-9-20(19)26/h4-9,11,13,18,31H,3,10,12,27,29H2,1-2H3,(H,30,32)/b21-13-/t18-,24?/m1/s1. The molecule has 0 bridgehead atoms. The maximum atomic E-state index is 14.2. The summed E-state index contributed by atoms with van der Waals surface area (Å²) >= 11 is 5.99. The SMILES string of the molecule is CCOC(=O)C(C)(C#N)C[C@@H](Cc1ccc(-c2cc(Cl)ccc2F)cc1)NC(=O)/C(=C/N)NN. The lowest BCUT2D eigenvalue weighted by atomic mass is 9.83. The van der Waals surface area contributed by atoms with E-state index in [0.29, 0.717) is 16.1 Å². The molecule has 0 heterocycles. The van der Waals surface area contributed by atoms with E-state index in [-0.39, 0.29) is 25.1 Å². The van der Waals surface area contributed by atoms with E-state index in [0.717, 1.165) is 11.8 Å². The number of hydrogen-bond acceptors (Lipinski definition) is 7. The van der Waals surface area contributed by atoms with Gasteiger partial charge in [0.2, 0.25) is 0 Å². The molecule has 0 saturated carbocycles. The Hall–Kier alpha value is -3.61. The number of nitrogens with zero attached hydrogens (tertiary/aromatic N) is 1. The average molecular weight is 488 g/mol. The summed E-state index contributed by atoms with van der Waals surface area (Å²) < 4.78 is 19.2. The van der Waals surface area contributed by atoms with Crippen LogP contribution in [0.1, 0.15) is 25.8 Å². The maximum Gasteiger partial charge on any atom is 0.326 e. The topological polar surface area (TPSA) is 143 Å². The third kappa shape index (κ3) is 6.70. The van der Waals surface area contributed by atoms with Gasteiger partial charge in [-0.05, 0) is 56.0 Å². The fourth-order valence-corrected chi connectivity index (χ4v) is 3.58. The van der Waals surface area contributed by atoms with E-state index in [2.05, 4.69) is 10.7 Å². The number of carbonyl (C=O) groups is 2. The van der Waals surface area contributed by atoms with E-state index in [1.807, 2.05) is 6.07 Å². The number of carbonyl (C=O) groups excluding carboxylic acids is 2. The van der Waals surface area contributed by atoms with E-state index in [1.54, 1.807) is 31.2 Å². The van der Waals surface area contributed by atoms with Crippen molar-refractivity contribution < 1.29 is 18.7 Å². The number of esters is 1. The number of rotatable bonds is 10. The first-order valence-corrected chi connectivity index (χ1v) is 10.9. The van der Waals surface area contributed by atoms with Crippen LogP contribution in [-0.2, 0) is 20.7 Å². The molecule has 2 aromatic carbocycles. The molecule has 1 amide bonds. The molecule has 0 aliphatic carbocycles. The lowest BCUT2D eigenvalue weighted by molar-refractivity contribution is -0.152. The van der Waals surface area contributed by atoms with Crippen LogP contribution in [0.3, 0.4) is 0 Å². The minimum absolute atomic E-state index is 0.0266. The second-order valence-electron chi connectivity index (χ2n) is 7.79. The Balaban J connectivity index is 2.31. The van der Waals surface area contributed by atoms with E-state index >= 15 is 0 Å². The molecule has 0 fully saturated rings. The van der Waals surface area contributed by atoms with Gasteiger partial charge in [-0.1, -0.05) is 35.9 Å². The lowest BCUT2D eigenvalue weighted by Gasteiger charge is -2.27. The summed E-state index contributed by atoms with van der Waals surface area (Å²) in [6.07, 6.45) is 1.25. The van der Waals surface area contributed by atoms with Crippen LogP contribution in [0, 0.1) is 22.6 Å². The fraction of sp³-hybridized carbons (Fsp3) is 0.292. The third-order valence-electron chi connectivity index (χ3n) is 5.20. The molecule has 0 saturated heterocycles. The molecule has 2 aromatic rings. The molecule has 0 aromatic heterocycles. The van der Waals surface area contributed by atoms with Crippen molar-refractivity contribution >= 4 is 23.5 Å². The van der Waals surface area contributed by atoms with Gasteiger partial charge in [-0.25, -0.2) is 4.39 Å². The van der Waals surface area contributed by atoms with Crippen LogP contribution in [-0.4, -0.2) is 24.5 Å². The van der Waals surface area contributed by atoms with Crippen molar-refractivity contribution in [2.45, 2.75) is 32.7 Å². The Morgan fingerprint density at radius 1 is 1.29 bits per heavy atom. The Morgan fingerprint density at radius 3 is 2.53 bits per heavy atom. The monoisotopic (exact) mass is 487 g/mol. The van der Waals surface area contributed by atoms with Crippen molar-refractivity contribution in [3.63, 3.8) is 0 Å². The van der Waals surface area contributed by atoms with Gasteiger partial charge in [0.25, 0.3) is 5.91 Å². The highest BCUT2D eigenvalue weighted by atomic mass is 35.5. The minimum atomic E-state index is -1.50. The molecule has 34 heavy (non-hydrogen) atoms. The quantitative estimate of drug-likeness (QED) is 0.174. The normalized spacial score (nSPS) is 13.8. The minimum Gasteiger partial charge on any atom is -0.465 e. The van der Waals surface area contributed by atoms with Crippen molar-refractivity contribution in [3.05, 3.63) is 70.8 Å². The molecule has 0 radical (unpaired) electrons.